The number of hydrogen-bond acceptors (Lipinski definition) is 7. The van der Waals surface area contributed by atoms with Gasteiger partial charge in [-0.3, -0.25) is 0 Å². The molecule has 4 N–H and O–H groups in total. The number of hydrogen-bond donors (Lipinski definition) is 4. The van der Waals surface area contributed by atoms with Crippen molar-refractivity contribution in [2.24, 2.45) is 0 Å². The standard InChI is InChI=1S/C27H18N6.C20H19N3O2/c1-2-8-20-19(7-1)28-25(29-20)16-13-17(26-30-21-9-3-4-10-22(21)31-26)15-18(14-16)27-32-23-11-5-6-12-24(23)33-27;1-3-23(4-2)14-10-9-13-11-15(20(24)25-18(13)12-14)19-21-16-7-5-6-8-17(16)22-19/h1-15H,(H,28,29)(H,30,31)(H,32,33);5-12H,3-4H2,1-2H3,(H,21,22). The van der Waals surface area contributed by atoms with Gasteiger partial charge in [-0.2, -0.15) is 0 Å². The molecule has 0 atom stereocenters. The summed E-state index contributed by atoms with van der Waals surface area (Å²) in [7, 11) is 0. The summed E-state index contributed by atoms with van der Waals surface area (Å²) in [5, 5.41) is 0.881. The van der Waals surface area contributed by atoms with E-state index in [0.717, 1.165) is 102 Å². The van der Waals surface area contributed by atoms with Gasteiger partial charge in [0.15, 0.2) is 0 Å². The summed E-state index contributed by atoms with van der Waals surface area (Å²) >= 11 is 0. The summed E-state index contributed by atoms with van der Waals surface area (Å²) in [6, 6.07) is 46.0. The highest BCUT2D eigenvalue weighted by Gasteiger charge is 2.16. The third kappa shape index (κ3) is 6.44. The number of H-pyrrole nitrogens is 4. The molecule has 0 spiro atoms. The second kappa shape index (κ2) is 14.4. The van der Waals surface area contributed by atoms with E-state index in [0.29, 0.717) is 17.0 Å². The van der Waals surface area contributed by atoms with Crippen molar-refractivity contribution in [2.75, 3.05) is 18.0 Å². The predicted molar refractivity (Wildman–Crippen MR) is 233 cm³/mol. The van der Waals surface area contributed by atoms with E-state index in [1.807, 2.05) is 115 Å². The molecule has 11 nitrogen and oxygen atoms in total. The quantitative estimate of drug-likeness (QED) is 0.118. The predicted octanol–water partition coefficient (Wildman–Crippen LogP) is 10.5. The lowest BCUT2D eigenvalue weighted by Gasteiger charge is -2.20. The molecule has 0 unspecified atom stereocenters. The van der Waals surface area contributed by atoms with Crippen LogP contribution in [0.4, 0.5) is 5.69 Å². The summed E-state index contributed by atoms with van der Waals surface area (Å²) in [6.45, 7) is 6.02. The zero-order valence-corrected chi connectivity index (χ0v) is 31.7. The first-order valence-electron chi connectivity index (χ1n) is 19.3. The van der Waals surface area contributed by atoms with E-state index in [9.17, 15) is 4.79 Å². The summed E-state index contributed by atoms with van der Waals surface area (Å²) in [4.78, 5) is 47.2. The van der Waals surface area contributed by atoms with Gasteiger partial charge in [0, 0.05) is 46.9 Å². The van der Waals surface area contributed by atoms with E-state index >= 15 is 0 Å². The fraction of sp³-hybridized carbons (Fsp3) is 0.0851. The Balaban J connectivity index is 0.000000147. The SMILES string of the molecule is CCN(CC)c1ccc2cc(-c3nc4ccccc4[nH]3)c(=O)oc2c1.c1ccc2[nH]c(-c3cc(-c4nc5ccccc5[nH]4)cc(-c4nc5ccccc5[nH]4)c3)nc2c1. The van der Waals surface area contributed by atoms with Crippen LogP contribution in [0.3, 0.4) is 0 Å². The maximum atomic E-state index is 12.5. The number of para-hydroxylation sites is 8. The summed E-state index contributed by atoms with van der Waals surface area (Å²) in [6.07, 6.45) is 0. The fourth-order valence-corrected chi connectivity index (χ4v) is 7.44. The third-order valence-corrected chi connectivity index (χ3v) is 10.4. The second-order valence-electron chi connectivity index (χ2n) is 14.1. The summed E-state index contributed by atoms with van der Waals surface area (Å²) in [5.41, 5.74) is 12.2. The highest BCUT2D eigenvalue weighted by molar-refractivity contribution is 5.88. The van der Waals surface area contributed by atoms with Crippen LogP contribution in [0.25, 0.3) is 101 Å². The lowest BCUT2D eigenvalue weighted by Crippen LogP contribution is -2.21. The van der Waals surface area contributed by atoms with Gasteiger partial charge in [-0.25, -0.2) is 24.7 Å². The van der Waals surface area contributed by atoms with Gasteiger partial charge in [0.1, 0.15) is 34.4 Å². The number of anilines is 1. The smallest absolute Gasteiger partial charge is 0.347 e. The normalized spacial score (nSPS) is 11.5. The van der Waals surface area contributed by atoms with Crippen LogP contribution in [0.5, 0.6) is 0 Å². The van der Waals surface area contributed by atoms with Crippen LogP contribution in [0, 0.1) is 0 Å². The van der Waals surface area contributed by atoms with E-state index in [2.05, 4.69) is 67.9 Å². The molecular weight excluding hydrogens is 723 g/mol. The van der Waals surface area contributed by atoms with Crippen LogP contribution in [-0.2, 0) is 0 Å². The van der Waals surface area contributed by atoms with E-state index < -0.39 is 0 Å². The van der Waals surface area contributed by atoms with Gasteiger partial charge in [-0.15, -0.1) is 0 Å². The number of aromatic nitrogens is 8. The molecule has 0 amide bonds. The number of benzene rings is 6. The first-order valence-corrected chi connectivity index (χ1v) is 19.3. The van der Waals surface area contributed by atoms with Crippen molar-refractivity contribution in [3.63, 3.8) is 0 Å². The van der Waals surface area contributed by atoms with Crippen LogP contribution in [0.15, 0.2) is 149 Å². The number of nitrogens with one attached hydrogen (secondary N) is 4. The van der Waals surface area contributed by atoms with Crippen LogP contribution >= 0.6 is 0 Å². The van der Waals surface area contributed by atoms with Gasteiger partial charge in [-0.05, 0) is 98.8 Å². The Morgan fingerprint density at radius 3 is 1.29 bits per heavy atom. The highest BCUT2D eigenvalue weighted by Crippen LogP contribution is 2.33. The zero-order chi connectivity index (χ0) is 39.2. The Kier molecular flexibility index (Phi) is 8.59. The molecule has 6 aromatic carbocycles. The second-order valence-corrected chi connectivity index (χ2v) is 14.1. The molecule has 11 heteroatoms. The maximum Gasteiger partial charge on any atom is 0.347 e. The molecule has 0 aliphatic carbocycles. The van der Waals surface area contributed by atoms with Gasteiger partial charge < -0.3 is 29.3 Å². The van der Waals surface area contributed by atoms with Crippen molar-refractivity contribution in [1.82, 2.24) is 39.9 Å². The van der Waals surface area contributed by atoms with E-state index in [4.69, 9.17) is 19.4 Å². The van der Waals surface area contributed by atoms with Gasteiger partial charge in [0.25, 0.3) is 0 Å². The van der Waals surface area contributed by atoms with Crippen molar-refractivity contribution in [2.45, 2.75) is 13.8 Å². The molecular formula is C47H37N9O2. The van der Waals surface area contributed by atoms with Crippen LogP contribution in [0.2, 0.25) is 0 Å². The number of imidazole rings is 4. The fourth-order valence-electron chi connectivity index (χ4n) is 7.44. The first-order chi connectivity index (χ1) is 28.5. The van der Waals surface area contributed by atoms with Crippen molar-refractivity contribution < 1.29 is 4.42 Å². The molecule has 0 bridgehead atoms. The van der Waals surface area contributed by atoms with Crippen LogP contribution in [0.1, 0.15) is 13.8 Å². The largest absolute Gasteiger partial charge is 0.422 e. The molecule has 5 aromatic heterocycles. The van der Waals surface area contributed by atoms with Gasteiger partial charge in [0.05, 0.1) is 44.1 Å². The average molecular weight is 760 g/mol. The summed E-state index contributed by atoms with van der Waals surface area (Å²) in [5.74, 6) is 2.97. The number of aromatic amines is 4. The van der Waals surface area contributed by atoms with Crippen LogP contribution < -0.4 is 10.5 Å². The molecule has 0 fully saturated rings. The summed E-state index contributed by atoms with van der Waals surface area (Å²) < 4.78 is 5.58. The van der Waals surface area contributed by atoms with Crippen LogP contribution in [-0.4, -0.2) is 53.0 Å². The number of rotatable bonds is 7. The van der Waals surface area contributed by atoms with Gasteiger partial charge in [-0.1, -0.05) is 48.5 Å². The first kappa shape index (κ1) is 34.7. The monoisotopic (exact) mass is 759 g/mol. The molecule has 0 aliphatic heterocycles. The van der Waals surface area contributed by atoms with Gasteiger partial charge in [0.2, 0.25) is 0 Å². The molecule has 0 saturated heterocycles. The Bertz CT molecular complexity index is 2970. The topological polar surface area (TPSA) is 148 Å². The molecule has 5 heterocycles. The molecule has 0 saturated carbocycles. The Morgan fingerprint density at radius 2 is 0.879 bits per heavy atom. The lowest BCUT2D eigenvalue weighted by molar-refractivity contribution is 0.563. The third-order valence-electron chi connectivity index (χ3n) is 10.4. The minimum absolute atomic E-state index is 0.386. The highest BCUT2D eigenvalue weighted by atomic mass is 16.4. The van der Waals surface area contributed by atoms with Gasteiger partial charge >= 0.3 is 5.63 Å². The van der Waals surface area contributed by atoms with Crippen molar-refractivity contribution in [1.29, 1.82) is 0 Å². The minimum Gasteiger partial charge on any atom is -0.422 e. The number of nitrogens with zero attached hydrogens (tertiary/aromatic N) is 5. The maximum absolute atomic E-state index is 12.5. The molecule has 11 rings (SSSR count). The van der Waals surface area contributed by atoms with Crippen molar-refractivity contribution in [3.05, 3.63) is 150 Å². The van der Waals surface area contributed by atoms with Crippen molar-refractivity contribution >= 4 is 60.8 Å². The number of fused-ring (bicyclic) bond motifs is 5. The zero-order valence-electron chi connectivity index (χ0n) is 31.7. The van der Waals surface area contributed by atoms with Crippen molar-refractivity contribution in [3.8, 4) is 45.6 Å². The molecule has 0 radical (unpaired) electrons. The minimum atomic E-state index is -0.386. The van der Waals surface area contributed by atoms with E-state index in [1.165, 1.54) is 0 Å². The average Bonchev–Trinajstić information content (AvgIpc) is 4.08. The van der Waals surface area contributed by atoms with E-state index in [-0.39, 0.29) is 5.63 Å². The molecule has 282 valence electrons. The Labute approximate surface area is 331 Å². The lowest BCUT2D eigenvalue weighted by atomic mass is 10.0. The Hall–Kier alpha value is -7.79. The molecule has 0 aliphatic rings. The Morgan fingerprint density at radius 1 is 0.483 bits per heavy atom. The molecule has 58 heavy (non-hydrogen) atoms. The molecule has 11 aromatic rings. The van der Waals surface area contributed by atoms with E-state index in [1.54, 1.807) is 0 Å².